The van der Waals surface area contributed by atoms with E-state index in [0.29, 0.717) is 24.3 Å². The van der Waals surface area contributed by atoms with Gasteiger partial charge >= 0.3 is 0 Å². The van der Waals surface area contributed by atoms with Crippen molar-refractivity contribution < 1.29 is 9.21 Å². The molecule has 2 heterocycles. The normalized spacial score (nSPS) is 16.3. The Bertz CT molecular complexity index is 672. The minimum Gasteiger partial charge on any atom is -0.459 e. The van der Waals surface area contributed by atoms with Crippen molar-refractivity contribution in [1.82, 2.24) is 10.2 Å². The average Bonchev–Trinajstić information content (AvgIpc) is 3.30. The lowest BCUT2D eigenvalue weighted by Crippen LogP contribution is -2.43. The summed E-state index contributed by atoms with van der Waals surface area (Å²) in [6, 6.07) is 12.2. The van der Waals surface area contributed by atoms with Gasteiger partial charge in [-0.25, -0.2) is 0 Å². The van der Waals surface area contributed by atoms with Crippen molar-refractivity contribution in [2.24, 2.45) is 5.92 Å². The van der Waals surface area contributed by atoms with Gasteiger partial charge in [0.25, 0.3) is 5.91 Å². The first-order chi connectivity index (χ1) is 12.1. The number of nitrogens with one attached hydrogen (secondary N) is 1. The van der Waals surface area contributed by atoms with Crippen LogP contribution >= 0.6 is 0 Å². The third kappa shape index (κ3) is 4.51. The van der Waals surface area contributed by atoms with Crippen molar-refractivity contribution in [1.29, 1.82) is 0 Å². The molecule has 2 aromatic rings. The van der Waals surface area contributed by atoms with Crippen molar-refractivity contribution in [2.45, 2.75) is 39.2 Å². The molecule has 4 heteroatoms. The summed E-state index contributed by atoms with van der Waals surface area (Å²) < 4.78 is 5.49. The van der Waals surface area contributed by atoms with Crippen LogP contribution in [0.5, 0.6) is 0 Å². The molecule has 1 aromatic heterocycles. The fraction of sp³-hybridized carbons (Fsp3) is 0.476. The number of likely N-dealkylation sites (tertiary alicyclic amines) is 1. The minimum atomic E-state index is -0.128. The molecule has 1 aromatic carbocycles. The van der Waals surface area contributed by atoms with E-state index in [0.717, 1.165) is 30.6 Å². The summed E-state index contributed by atoms with van der Waals surface area (Å²) in [5.41, 5.74) is 1.85. The van der Waals surface area contributed by atoms with Gasteiger partial charge in [-0.15, -0.1) is 0 Å². The van der Waals surface area contributed by atoms with Gasteiger partial charge in [0.1, 0.15) is 0 Å². The molecule has 3 rings (SSSR count). The van der Waals surface area contributed by atoms with E-state index < -0.39 is 0 Å². The molecule has 0 bridgehead atoms. The summed E-state index contributed by atoms with van der Waals surface area (Å²) in [5.74, 6) is 0.888. The lowest BCUT2D eigenvalue weighted by Gasteiger charge is -2.29. The highest BCUT2D eigenvalue weighted by molar-refractivity contribution is 5.98. The highest BCUT2D eigenvalue weighted by atomic mass is 16.3. The van der Waals surface area contributed by atoms with Gasteiger partial charge in [0, 0.05) is 18.2 Å². The van der Waals surface area contributed by atoms with Crippen LogP contribution in [0.2, 0.25) is 0 Å². The smallest absolute Gasteiger partial charge is 0.287 e. The largest absolute Gasteiger partial charge is 0.459 e. The summed E-state index contributed by atoms with van der Waals surface area (Å²) in [6.07, 6.45) is 5.21. The lowest BCUT2D eigenvalue weighted by atomic mass is 10.0. The zero-order chi connectivity index (χ0) is 17.6. The Morgan fingerprint density at radius 1 is 1.16 bits per heavy atom. The minimum absolute atomic E-state index is 0.128. The maximum atomic E-state index is 12.7. The molecule has 25 heavy (non-hydrogen) atoms. The maximum absolute atomic E-state index is 12.7. The Labute approximate surface area is 150 Å². The first-order valence-corrected chi connectivity index (χ1v) is 9.30. The van der Waals surface area contributed by atoms with E-state index in [1.165, 1.54) is 12.8 Å². The number of amides is 1. The van der Waals surface area contributed by atoms with E-state index in [9.17, 15) is 4.79 Å². The highest BCUT2D eigenvalue weighted by Gasteiger charge is 2.24. The second-order valence-electron chi connectivity index (χ2n) is 7.27. The van der Waals surface area contributed by atoms with Crippen molar-refractivity contribution in [3.63, 3.8) is 0 Å². The van der Waals surface area contributed by atoms with Crippen molar-refractivity contribution in [2.75, 3.05) is 19.6 Å². The quantitative estimate of drug-likeness (QED) is 0.822. The van der Waals surface area contributed by atoms with Gasteiger partial charge in [0.05, 0.1) is 6.26 Å². The number of carbonyl (C=O) groups is 1. The Balaban J connectivity index is 1.66. The molecule has 1 N–H and O–H groups in total. The molecule has 0 aliphatic carbocycles. The Morgan fingerprint density at radius 3 is 2.56 bits per heavy atom. The second-order valence-corrected chi connectivity index (χ2v) is 7.27. The molecule has 1 aliphatic rings. The first-order valence-electron chi connectivity index (χ1n) is 9.30. The number of hydrogen-bond acceptors (Lipinski definition) is 3. The molecule has 1 amide bonds. The Hall–Kier alpha value is -2.07. The molecule has 1 saturated heterocycles. The molecule has 134 valence electrons. The Kier molecular flexibility index (Phi) is 5.92. The summed E-state index contributed by atoms with van der Waals surface area (Å²) in [6.45, 7) is 7.44. The maximum Gasteiger partial charge on any atom is 0.287 e. The molecule has 0 saturated carbocycles. The summed E-state index contributed by atoms with van der Waals surface area (Å²) in [7, 11) is 0. The van der Waals surface area contributed by atoms with Gasteiger partial charge in [-0.3, -0.25) is 9.69 Å². The van der Waals surface area contributed by atoms with Crippen LogP contribution in [0.1, 0.15) is 43.7 Å². The van der Waals surface area contributed by atoms with Crippen LogP contribution in [0.3, 0.4) is 0 Å². The van der Waals surface area contributed by atoms with Crippen molar-refractivity contribution in [3.8, 4) is 11.1 Å². The fourth-order valence-corrected chi connectivity index (χ4v) is 3.63. The van der Waals surface area contributed by atoms with Crippen LogP contribution < -0.4 is 5.32 Å². The Morgan fingerprint density at radius 2 is 1.88 bits per heavy atom. The van der Waals surface area contributed by atoms with Crippen LogP contribution in [0.15, 0.2) is 47.1 Å². The van der Waals surface area contributed by atoms with Gasteiger partial charge in [-0.1, -0.05) is 44.2 Å². The number of rotatable bonds is 7. The average molecular weight is 340 g/mol. The van der Waals surface area contributed by atoms with Crippen LogP contribution in [0, 0.1) is 5.92 Å². The summed E-state index contributed by atoms with van der Waals surface area (Å²) >= 11 is 0. The van der Waals surface area contributed by atoms with E-state index in [-0.39, 0.29) is 5.91 Å². The van der Waals surface area contributed by atoms with Gasteiger partial charge in [-0.05, 0) is 49.9 Å². The summed E-state index contributed by atoms with van der Waals surface area (Å²) in [5, 5.41) is 3.10. The molecular weight excluding hydrogens is 312 g/mol. The molecule has 0 unspecified atom stereocenters. The predicted octanol–water partition coefficient (Wildman–Crippen LogP) is 4.19. The van der Waals surface area contributed by atoms with E-state index in [1.807, 2.05) is 36.4 Å². The van der Waals surface area contributed by atoms with E-state index in [2.05, 4.69) is 24.1 Å². The van der Waals surface area contributed by atoms with Gasteiger partial charge in [-0.2, -0.15) is 0 Å². The highest BCUT2D eigenvalue weighted by Crippen LogP contribution is 2.25. The monoisotopic (exact) mass is 340 g/mol. The topological polar surface area (TPSA) is 45.5 Å². The zero-order valence-corrected chi connectivity index (χ0v) is 15.2. The van der Waals surface area contributed by atoms with Gasteiger partial charge < -0.3 is 9.73 Å². The van der Waals surface area contributed by atoms with Crippen molar-refractivity contribution in [3.05, 3.63) is 48.4 Å². The molecule has 1 fully saturated rings. The number of carbonyl (C=O) groups excluding carboxylic acids is 1. The molecule has 1 aliphatic heterocycles. The van der Waals surface area contributed by atoms with E-state index in [4.69, 9.17) is 4.42 Å². The standard InChI is InChI=1S/C21H28N2O2/c1-16(2)14-18(23-11-6-7-12-23)15-22-21(24)20-19(10-13-25-20)17-8-4-3-5-9-17/h3-5,8-10,13,16,18H,6-7,11-12,14-15H2,1-2H3,(H,22,24)/t18-/m1/s1. The molecule has 4 nitrogen and oxygen atoms in total. The predicted molar refractivity (Wildman–Crippen MR) is 101 cm³/mol. The molecule has 1 atom stereocenters. The fourth-order valence-electron chi connectivity index (χ4n) is 3.63. The lowest BCUT2D eigenvalue weighted by molar-refractivity contribution is 0.0906. The zero-order valence-electron chi connectivity index (χ0n) is 15.2. The molecule has 0 spiro atoms. The van der Waals surface area contributed by atoms with Crippen molar-refractivity contribution >= 4 is 5.91 Å². The number of furan rings is 1. The third-order valence-electron chi connectivity index (χ3n) is 4.86. The van der Waals surface area contributed by atoms with Crippen LogP contribution in [0.25, 0.3) is 11.1 Å². The molecule has 0 radical (unpaired) electrons. The summed E-state index contributed by atoms with van der Waals surface area (Å²) in [4.78, 5) is 15.2. The van der Waals surface area contributed by atoms with Gasteiger partial charge in [0.15, 0.2) is 5.76 Å². The molecular formula is C21H28N2O2. The van der Waals surface area contributed by atoms with E-state index >= 15 is 0 Å². The van der Waals surface area contributed by atoms with Gasteiger partial charge in [0.2, 0.25) is 0 Å². The number of hydrogen-bond donors (Lipinski definition) is 1. The second kappa shape index (κ2) is 8.34. The van der Waals surface area contributed by atoms with Crippen LogP contribution in [-0.4, -0.2) is 36.5 Å². The third-order valence-corrected chi connectivity index (χ3v) is 4.86. The number of benzene rings is 1. The first kappa shape index (κ1) is 17.7. The SMILES string of the molecule is CC(C)C[C@H](CNC(=O)c1occc1-c1ccccc1)N1CCCC1. The van der Waals surface area contributed by atoms with Crippen LogP contribution in [-0.2, 0) is 0 Å². The number of nitrogens with zero attached hydrogens (tertiary/aromatic N) is 1. The van der Waals surface area contributed by atoms with E-state index in [1.54, 1.807) is 6.26 Å². The van der Waals surface area contributed by atoms with Crippen LogP contribution in [0.4, 0.5) is 0 Å².